The Hall–Kier alpha value is -2.12. The third-order valence-corrected chi connectivity index (χ3v) is 5.98. The molecule has 27 heavy (non-hydrogen) atoms. The average Bonchev–Trinajstić information content (AvgIpc) is 3.08. The first-order valence-corrected chi connectivity index (χ1v) is 9.60. The second-order valence-corrected chi connectivity index (χ2v) is 7.90. The van der Waals surface area contributed by atoms with Gasteiger partial charge in [0.1, 0.15) is 18.0 Å². The minimum absolute atomic E-state index is 0.100. The lowest BCUT2D eigenvalue weighted by Crippen LogP contribution is -2.43. The van der Waals surface area contributed by atoms with Crippen LogP contribution in [0.15, 0.2) is 48.5 Å². The molecule has 140 valence electrons. The van der Waals surface area contributed by atoms with Crippen molar-refractivity contribution in [2.45, 2.75) is 31.2 Å². The number of ether oxygens (including phenoxy) is 1. The Kier molecular flexibility index (Phi) is 5.06. The number of hydrogen-bond donors (Lipinski definition) is 2. The van der Waals surface area contributed by atoms with Gasteiger partial charge in [-0.2, -0.15) is 0 Å². The first-order valence-electron chi connectivity index (χ1n) is 8.79. The predicted molar refractivity (Wildman–Crippen MR) is 101 cm³/mol. The number of rotatable bonds is 4. The molecular formula is C21H19FO4S. The van der Waals surface area contributed by atoms with E-state index in [-0.39, 0.29) is 12.2 Å². The van der Waals surface area contributed by atoms with Crippen LogP contribution in [-0.4, -0.2) is 34.8 Å². The Bertz CT molecular complexity index is 950. The van der Waals surface area contributed by atoms with E-state index in [4.69, 9.17) is 4.74 Å². The van der Waals surface area contributed by atoms with Crippen LogP contribution in [0.25, 0.3) is 10.1 Å². The van der Waals surface area contributed by atoms with E-state index in [1.54, 1.807) is 23.5 Å². The van der Waals surface area contributed by atoms with E-state index in [2.05, 4.69) is 6.07 Å². The lowest BCUT2D eigenvalue weighted by atomic mass is 9.93. The number of fused-ring (bicyclic) bond motifs is 1. The number of aliphatic hydroxyl groups excluding tert-OH is 2. The summed E-state index contributed by atoms with van der Waals surface area (Å²) in [6.45, 7) is -0.484. The molecule has 2 heterocycles. The normalized spacial score (nSPS) is 23.1. The second-order valence-electron chi connectivity index (χ2n) is 6.73. The Balaban J connectivity index is 1.60. The number of Topliss-reactive ketones (excluding diaryl/α,β-unsaturated/α-hetero) is 1. The van der Waals surface area contributed by atoms with Gasteiger partial charge in [-0.05, 0) is 40.8 Å². The maximum Gasteiger partial charge on any atom is 0.192 e. The fourth-order valence-corrected chi connectivity index (χ4v) is 4.53. The largest absolute Gasteiger partial charge is 0.393 e. The van der Waals surface area contributed by atoms with E-state index in [1.807, 2.05) is 24.3 Å². The number of halogens is 1. The van der Waals surface area contributed by atoms with Crippen LogP contribution < -0.4 is 0 Å². The number of benzene rings is 2. The van der Waals surface area contributed by atoms with E-state index in [9.17, 15) is 19.4 Å². The van der Waals surface area contributed by atoms with Gasteiger partial charge in [0.15, 0.2) is 5.78 Å². The zero-order chi connectivity index (χ0) is 19.0. The number of ketones is 1. The van der Waals surface area contributed by atoms with Crippen LogP contribution in [0, 0.1) is 5.82 Å². The summed E-state index contributed by atoms with van der Waals surface area (Å²) >= 11 is 1.63. The van der Waals surface area contributed by atoms with Crippen molar-refractivity contribution in [3.05, 3.63) is 70.4 Å². The van der Waals surface area contributed by atoms with Crippen molar-refractivity contribution >= 4 is 27.2 Å². The van der Waals surface area contributed by atoms with E-state index in [0.29, 0.717) is 17.5 Å². The molecule has 6 heteroatoms. The van der Waals surface area contributed by atoms with Gasteiger partial charge in [-0.3, -0.25) is 4.79 Å². The molecule has 2 N–H and O–H groups in total. The van der Waals surface area contributed by atoms with Crippen LogP contribution >= 0.6 is 11.3 Å². The van der Waals surface area contributed by atoms with Gasteiger partial charge in [0.2, 0.25) is 0 Å². The molecule has 0 spiro atoms. The molecular weight excluding hydrogens is 367 g/mol. The monoisotopic (exact) mass is 386 g/mol. The van der Waals surface area contributed by atoms with Gasteiger partial charge in [0.25, 0.3) is 0 Å². The van der Waals surface area contributed by atoms with Gasteiger partial charge < -0.3 is 14.9 Å². The lowest BCUT2D eigenvalue weighted by Gasteiger charge is -2.31. The summed E-state index contributed by atoms with van der Waals surface area (Å²) in [5.41, 5.74) is 1.23. The molecule has 3 aromatic rings. The van der Waals surface area contributed by atoms with Crippen molar-refractivity contribution < 1.29 is 24.1 Å². The quantitative estimate of drug-likeness (QED) is 0.721. The summed E-state index contributed by atoms with van der Waals surface area (Å²) < 4.78 is 21.2. The maximum atomic E-state index is 14.4. The number of carbonyl (C=O) groups is 1. The summed E-state index contributed by atoms with van der Waals surface area (Å²) in [6, 6.07) is 14.8. The Morgan fingerprint density at radius 3 is 2.78 bits per heavy atom. The summed E-state index contributed by atoms with van der Waals surface area (Å²) in [5.74, 6) is -0.816. The zero-order valence-electron chi connectivity index (χ0n) is 14.5. The van der Waals surface area contributed by atoms with Crippen molar-refractivity contribution in [2.75, 3.05) is 6.61 Å². The Labute approximate surface area is 159 Å². The van der Waals surface area contributed by atoms with Crippen LogP contribution in [0.2, 0.25) is 0 Å². The highest BCUT2D eigenvalue weighted by molar-refractivity contribution is 7.19. The minimum atomic E-state index is -1.18. The molecule has 4 rings (SSSR count). The fourth-order valence-electron chi connectivity index (χ4n) is 3.44. The average molecular weight is 386 g/mol. The van der Waals surface area contributed by atoms with Crippen LogP contribution in [0.4, 0.5) is 4.39 Å². The SMILES string of the molecule is O=C1C(O)CC(c2ccc(F)c(Cc3cc4ccccc4s3)c2)OC1CO. The Morgan fingerprint density at radius 2 is 2.00 bits per heavy atom. The van der Waals surface area contributed by atoms with Crippen molar-refractivity contribution in [3.63, 3.8) is 0 Å². The second kappa shape index (κ2) is 7.48. The Morgan fingerprint density at radius 1 is 1.19 bits per heavy atom. The smallest absolute Gasteiger partial charge is 0.192 e. The number of carbonyl (C=O) groups excluding carboxylic acids is 1. The van der Waals surface area contributed by atoms with Crippen molar-refractivity contribution in [1.82, 2.24) is 0 Å². The predicted octanol–water partition coefficient (Wildman–Crippen LogP) is 3.38. The number of hydrogen-bond acceptors (Lipinski definition) is 5. The van der Waals surface area contributed by atoms with E-state index >= 15 is 0 Å². The molecule has 3 unspecified atom stereocenters. The molecule has 0 bridgehead atoms. The molecule has 4 nitrogen and oxygen atoms in total. The van der Waals surface area contributed by atoms with Crippen molar-refractivity contribution in [2.24, 2.45) is 0 Å². The van der Waals surface area contributed by atoms with E-state index < -0.39 is 30.7 Å². The number of aliphatic hydroxyl groups is 2. The van der Waals surface area contributed by atoms with Crippen LogP contribution in [0.3, 0.4) is 0 Å². The number of thiophene rings is 1. The molecule has 1 fully saturated rings. The summed E-state index contributed by atoms with van der Waals surface area (Å²) in [5, 5.41) is 20.4. The van der Waals surface area contributed by atoms with Crippen molar-refractivity contribution in [3.8, 4) is 0 Å². The third-order valence-electron chi connectivity index (χ3n) is 4.86. The van der Waals surface area contributed by atoms with Gasteiger partial charge in [0, 0.05) is 22.4 Å². The molecule has 1 saturated heterocycles. The maximum absolute atomic E-state index is 14.4. The molecule has 0 saturated carbocycles. The molecule has 1 aliphatic heterocycles. The van der Waals surface area contributed by atoms with Gasteiger partial charge in [-0.25, -0.2) is 4.39 Å². The van der Waals surface area contributed by atoms with E-state index in [1.165, 1.54) is 6.07 Å². The van der Waals surface area contributed by atoms with Crippen molar-refractivity contribution in [1.29, 1.82) is 0 Å². The topological polar surface area (TPSA) is 66.8 Å². The molecule has 3 atom stereocenters. The van der Waals surface area contributed by atoms with Crippen LogP contribution in [0.5, 0.6) is 0 Å². The molecule has 2 aromatic carbocycles. The van der Waals surface area contributed by atoms with Crippen LogP contribution in [0.1, 0.15) is 28.5 Å². The minimum Gasteiger partial charge on any atom is -0.393 e. The van der Waals surface area contributed by atoms with Gasteiger partial charge in [-0.15, -0.1) is 11.3 Å². The summed E-state index contributed by atoms with van der Waals surface area (Å²) in [4.78, 5) is 12.8. The van der Waals surface area contributed by atoms with Crippen LogP contribution in [-0.2, 0) is 16.0 Å². The summed E-state index contributed by atoms with van der Waals surface area (Å²) in [7, 11) is 0. The van der Waals surface area contributed by atoms with Gasteiger partial charge >= 0.3 is 0 Å². The first-order chi connectivity index (χ1) is 13.0. The molecule has 0 aliphatic carbocycles. The third kappa shape index (κ3) is 3.66. The summed E-state index contributed by atoms with van der Waals surface area (Å²) in [6.07, 6.45) is -2.23. The molecule has 0 amide bonds. The highest BCUT2D eigenvalue weighted by Crippen LogP contribution is 2.32. The molecule has 0 radical (unpaired) electrons. The molecule has 1 aromatic heterocycles. The van der Waals surface area contributed by atoms with Gasteiger partial charge in [0.05, 0.1) is 12.7 Å². The fraction of sp³-hybridized carbons (Fsp3) is 0.286. The van der Waals surface area contributed by atoms with Gasteiger partial charge in [-0.1, -0.05) is 24.3 Å². The highest BCUT2D eigenvalue weighted by atomic mass is 32.1. The lowest BCUT2D eigenvalue weighted by molar-refractivity contribution is -0.161. The highest BCUT2D eigenvalue weighted by Gasteiger charge is 2.36. The van der Waals surface area contributed by atoms with E-state index in [0.717, 1.165) is 15.0 Å². The standard InChI is InChI=1S/C21H19FO4S/c22-16-6-5-12(18-10-17(24)21(25)19(11-23)26-18)7-14(16)9-15-8-13-3-1-2-4-20(13)27-15/h1-8,17-19,23-24H,9-11H2. The first kappa shape index (κ1) is 18.3. The zero-order valence-corrected chi connectivity index (χ0v) is 15.3. The molecule has 1 aliphatic rings.